The number of rotatable bonds is 21. The van der Waals surface area contributed by atoms with Crippen molar-refractivity contribution in [3.8, 4) is 0 Å². The van der Waals surface area contributed by atoms with E-state index in [-0.39, 0.29) is 42.3 Å². The fraction of sp³-hybridized carbons (Fsp3) is 0.667. The number of carbonyl (C=O) groups is 5. The number of thiazole rings is 1. The number of aryl methyl sites for hydroxylation is 1. The highest BCUT2D eigenvalue weighted by Crippen LogP contribution is 2.35. The Morgan fingerprint density at radius 2 is 1.75 bits per heavy atom. The van der Waals surface area contributed by atoms with E-state index in [1.807, 2.05) is 27.8 Å². The molecule has 0 radical (unpaired) electrons. The van der Waals surface area contributed by atoms with Gasteiger partial charge in [-0.15, -0.1) is 11.3 Å². The van der Waals surface area contributed by atoms with Gasteiger partial charge in [0.15, 0.2) is 6.10 Å². The van der Waals surface area contributed by atoms with Crippen molar-refractivity contribution >= 4 is 41.0 Å². The highest BCUT2D eigenvalue weighted by Gasteiger charge is 2.33. The predicted molar refractivity (Wildman–Crippen MR) is 195 cm³/mol. The van der Waals surface area contributed by atoms with Crippen molar-refractivity contribution in [2.45, 2.75) is 117 Å². The van der Waals surface area contributed by atoms with Crippen molar-refractivity contribution in [3.63, 3.8) is 0 Å². The van der Waals surface area contributed by atoms with E-state index >= 15 is 0 Å². The molecular weight excluding hydrogens is 675 g/mol. The highest BCUT2D eigenvalue weighted by molar-refractivity contribution is 7.09. The number of carboxylic acid groups (broad SMARTS) is 1. The number of ether oxygens (including phenoxy) is 1. The lowest BCUT2D eigenvalue weighted by Gasteiger charge is -2.33. The number of amides is 3. The predicted octanol–water partition coefficient (Wildman–Crippen LogP) is 4.22. The van der Waals surface area contributed by atoms with Gasteiger partial charge in [-0.25, -0.2) is 15.0 Å². The summed E-state index contributed by atoms with van der Waals surface area (Å²) in [5.41, 5.74) is 5.98. The van der Waals surface area contributed by atoms with Crippen LogP contribution in [-0.4, -0.2) is 87.3 Å². The van der Waals surface area contributed by atoms with E-state index in [1.165, 1.54) is 18.3 Å². The number of nitrogens with one attached hydrogen (secondary N) is 2. The maximum absolute atomic E-state index is 13.2. The SMILES string of the molecule is CC(=O)OC(CC(C(C)C)N(C)C(=O)CC1CC1)c1nc(C(=O)NC(Cc2ncc(C)cn2)CC(C)C(=O)O)cs1.CNCCCCCC(N)=O. The summed E-state index contributed by atoms with van der Waals surface area (Å²) in [4.78, 5) is 74.7. The molecule has 2 heterocycles. The molecule has 4 atom stereocenters. The fourth-order valence-corrected chi connectivity index (χ4v) is 6.28. The maximum Gasteiger partial charge on any atom is 0.306 e. The number of nitrogens with zero attached hydrogens (tertiary/aromatic N) is 4. The second-order valence-electron chi connectivity index (χ2n) is 13.8. The summed E-state index contributed by atoms with van der Waals surface area (Å²) in [5, 5.41) is 17.4. The summed E-state index contributed by atoms with van der Waals surface area (Å²) in [6.07, 6.45) is 9.77. The van der Waals surface area contributed by atoms with Crippen LogP contribution in [0, 0.1) is 24.7 Å². The number of nitrogens with two attached hydrogens (primary N) is 1. The average Bonchev–Trinajstić information content (AvgIpc) is 3.73. The van der Waals surface area contributed by atoms with Crippen LogP contribution >= 0.6 is 11.3 Å². The molecule has 1 saturated carbocycles. The second kappa shape index (κ2) is 22.1. The summed E-state index contributed by atoms with van der Waals surface area (Å²) in [7, 11) is 3.71. The standard InChI is InChI=1S/C29H41N5O6S.C7H16N2O/c1-16(2)23(34(6)26(36)10-20-7-8-20)12-24(40-19(5)35)28-33-22(15-41-28)27(37)32-21(9-18(4)29(38)39)11-25-30-13-17(3)14-31-25;1-9-6-4-2-3-5-7(8)10/h13-16,18,20-21,23-24H,7-12H2,1-6H3,(H,32,37)(H,38,39);9H,2-6H2,1H3,(H2,8,10). The number of hydrogen-bond acceptors (Lipinski definition) is 11. The number of primary amides is 1. The lowest BCUT2D eigenvalue weighted by molar-refractivity contribution is -0.148. The molecular formula is C36H57N7O7S. The molecule has 1 aliphatic rings. The van der Waals surface area contributed by atoms with Crippen LogP contribution in [0.2, 0.25) is 0 Å². The number of esters is 1. The van der Waals surface area contributed by atoms with Gasteiger partial charge >= 0.3 is 11.9 Å². The molecule has 3 rings (SSSR count). The van der Waals surface area contributed by atoms with Gasteiger partial charge in [0.2, 0.25) is 11.8 Å². The zero-order valence-corrected chi connectivity index (χ0v) is 32.0. The van der Waals surface area contributed by atoms with E-state index in [0.717, 1.165) is 44.2 Å². The zero-order chi connectivity index (χ0) is 38.1. The van der Waals surface area contributed by atoms with Gasteiger partial charge in [-0.05, 0) is 70.0 Å². The molecule has 4 unspecified atom stereocenters. The first-order valence-electron chi connectivity index (χ1n) is 17.7. The van der Waals surface area contributed by atoms with Crippen LogP contribution in [-0.2, 0) is 30.3 Å². The van der Waals surface area contributed by atoms with Crippen molar-refractivity contribution in [1.82, 2.24) is 30.5 Å². The van der Waals surface area contributed by atoms with Gasteiger partial charge in [0.1, 0.15) is 16.5 Å². The molecule has 284 valence electrons. The molecule has 0 bridgehead atoms. The minimum atomic E-state index is -0.963. The number of hydrogen-bond donors (Lipinski definition) is 4. The first-order valence-corrected chi connectivity index (χ1v) is 18.6. The second-order valence-corrected chi connectivity index (χ2v) is 14.7. The van der Waals surface area contributed by atoms with Gasteiger partial charge in [-0.1, -0.05) is 27.2 Å². The van der Waals surface area contributed by atoms with Crippen LogP contribution in [0.1, 0.15) is 118 Å². The first kappa shape index (κ1) is 43.2. The van der Waals surface area contributed by atoms with Gasteiger partial charge in [-0.2, -0.15) is 0 Å². The Hall–Kier alpha value is -3.98. The topological polar surface area (TPSA) is 207 Å². The van der Waals surface area contributed by atoms with Crippen LogP contribution in [0.5, 0.6) is 0 Å². The third-order valence-corrected chi connectivity index (χ3v) is 9.56. The summed E-state index contributed by atoms with van der Waals surface area (Å²) in [5.74, 6) is -1.67. The van der Waals surface area contributed by atoms with Gasteiger partial charge in [0.25, 0.3) is 5.91 Å². The van der Waals surface area contributed by atoms with Crippen molar-refractivity contribution in [2.75, 3.05) is 20.6 Å². The molecule has 0 spiro atoms. The Morgan fingerprint density at radius 1 is 1.08 bits per heavy atom. The quantitative estimate of drug-likeness (QED) is 0.106. The lowest BCUT2D eigenvalue weighted by atomic mass is 9.96. The van der Waals surface area contributed by atoms with E-state index in [9.17, 15) is 29.1 Å². The van der Waals surface area contributed by atoms with E-state index < -0.39 is 35.9 Å². The summed E-state index contributed by atoms with van der Waals surface area (Å²) in [6, 6.07) is -0.731. The van der Waals surface area contributed by atoms with Crippen LogP contribution in [0.25, 0.3) is 0 Å². The minimum absolute atomic E-state index is 0.0752. The van der Waals surface area contributed by atoms with Crippen LogP contribution in [0.4, 0.5) is 0 Å². The number of aromatic nitrogens is 3. The average molecular weight is 732 g/mol. The number of aliphatic carboxylic acids is 1. The Balaban J connectivity index is 0.000000783. The molecule has 2 aromatic heterocycles. The molecule has 51 heavy (non-hydrogen) atoms. The summed E-state index contributed by atoms with van der Waals surface area (Å²) < 4.78 is 5.64. The summed E-state index contributed by atoms with van der Waals surface area (Å²) >= 11 is 1.20. The molecule has 14 nitrogen and oxygen atoms in total. The molecule has 2 aromatic rings. The normalized spacial score (nSPS) is 14.7. The Kier molecular flexibility index (Phi) is 18.7. The molecule has 3 amide bonds. The molecule has 0 aliphatic heterocycles. The number of carbonyl (C=O) groups excluding carboxylic acids is 4. The van der Waals surface area contributed by atoms with E-state index in [1.54, 1.807) is 36.6 Å². The van der Waals surface area contributed by atoms with E-state index in [2.05, 4.69) is 25.6 Å². The monoisotopic (exact) mass is 731 g/mol. The first-order chi connectivity index (χ1) is 24.1. The van der Waals surface area contributed by atoms with Crippen LogP contribution in [0.3, 0.4) is 0 Å². The Labute approximate surface area is 305 Å². The van der Waals surface area contributed by atoms with Gasteiger partial charge < -0.3 is 31.1 Å². The molecule has 1 aliphatic carbocycles. The van der Waals surface area contributed by atoms with Crippen LogP contribution in [0.15, 0.2) is 17.8 Å². The number of unbranched alkanes of at least 4 members (excludes halogenated alkanes) is 2. The summed E-state index contributed by atoms with van der Waals surface area (Å²) in [6.45, 7) is 9.84. The van der Waals surface area contributed by atoms with Crippen molar-refractivity contribution in [1.29, 1.82) is 0 Å². The maximum atomic E-state index is 13.2. The van der Waals surface area contributed by atoms with Gasteiger partial charge in [-0.3, -0.25) is 24.0 Å². The Morgan fingerprint density at radius 3 is 2.29 bits per heavy atom. The third kappa shape index (κ3) is 16.7. The van der Waals surface area contributed by atoms with Crippen molar-refractivity contribution in [3.05, 3.63) is 39.9 Å². The number of carboxylic acids is 1. The Bertz CT molecular complexity index is 1410. The molecule has 0 aromatic carbocycles. The molecule has 0 saturated heterocycles. The fourth-order valence-electron chi connectivity index (χ4n) is 5.44. The van der Waals surface area contributed by atoms with E-state index in [0.29, 0.717) is 36.0 Å². The molecule has 1 fully saturated rings. The third-order valence-electron chi connectivity index (χ3n) is 8.62. The smallest absolute Gasteiger partial charge is 0.306 e. The largest absolute Gasteiger partial charge is 0.481 e. The van der Waals surface area contributed by atoms with Gasteiger partial charge in [0.05, 0.1) is 5.92 Å². The van der Waals surface area contributed by atoms with E-state index in [4.69, 9.17) is 10.5 Å². The van der Waals surface area contributed by atoms with Crippen LogP contribution < -0.4 is 16.4 Å². The molecule has 15 heteroatoms. The zero-order valence-electron chi connectivity index (χ0n) is 31.1. The van der Waals surface area contributed by atoms with Crippen molar-refractivity contribution in [2.24, 2.45) is 23.5 Å². The lowest BCUT2D eigenvalue weighted by Crippen LogP contribution is -2.42. The highest BCUT2D eigenvalue weighted by atomic mass is 32.1. The minimum Gasteiger partial charge on any atom is -0.481 e. The van der Waals surface area contributed by atoms with Gasteiger partial charge in [0, 0.05) is 69.5 Å². The van der Waals surface area contributed by atoms with Crippen molar-refractivity contribution < 1.29 is 33.8 Å². The molecule has 5 N–H and O–H groups in total.